The zero-order valence-electron chi connectivity index (χ0n) is 8.37. The second-order valence-corrected chi connectivity index (χ2v) is 3.53. The summed E-state index contributed by atoms with van der Waals surface area (Å²) >= 11 is 0. The molecule has 0 heterocycles. The van der Waals surface area contributed by atoms with E-state index < -0.39 is 0 Å². The first-order valence-electron chi connectivity index (χ1n) is 4.69. The van der Waals surface area contributed by atoms with Gasteiger partial charge >= 0.3 is 0 Å². The number of fused-ring (bicyclic) bond motifs is 1. The minimum Gasteiger partial charge on any atom is -0.294 e. The van der Waals surface area contributed by atoms with Crippen LogP contribution in [0.15, 0.2) is 36.4 Å². The Morgan fingerprint density at radius 3 is 2.50 bits per heavy atom. The van der Waals surface area contributed by atoms with Gasteiger partial charge in [0.15, 0.2) is 5.78 Å². The van der Waals surface area contributed by atoms with Gasteiger partial charge in [-0.15, -0.1) is 0 Å². The van der Waals surface area contributed by atoms with Crippen molar-refractivity contribution in [1.82, 2.24) is 0 Å². The largest absolute Gasteiger partial charge is 0.294 e. The number of hydrogen-bond donors (Lipinski definition) is 0. The van der Waals surface area contributed by atoms with E-state index in [1.807, 2.05) is 37.3 Å². The molecule has 0 bridgehead atoms. The standard InChI is InChI=1S/C13H12O/c1-9-7-8-11-5-3-4-6-12(11)13(9)10(2)14/h3-8H,1-2H3. The lowest BCUT2D eigenvalue weighted by Crippen LogP contribution is -1.97. The van der Waals surface area contributed by atoms with Crippen LogP contribution in [0.3, 0.4) is 0 Å². The van der Waals surface area contributed by atoms with Crippen LogP contribution in [-0.2, 0) is 0 Å². The quantitative estimate of drug-likeness (QED) is 0.621. The van der Waals surface area contributed by atoms with Crippen LogP contribution in [0.5, 0.6) is 0 Å². The van der Waals surface area contributed by atoms with Gasteiger partial charge in [-0.3, -0.25) is 4.79 Å². The molecule has 1 heteroatoms. The molecule has 70 valence electrons. The fraction of sp³-hybridized carbons (Fsp3) is 0.154. The molecule has 14 heavy (non-hydrogen) atoms. The van der Waals surface area contributed by atoms with Crippen LogP contribution in [0.25, 0.3) is 10.8 Å². The van der Waals surface area contributed by atoms with Gasteiger partial charge in [-0.2, -0.15) is 0 Å². The molecule has 0 aliphatic carbocycles. The summed E-state index contributed by atoms with van der Waals surface area (Å²) in [4.78, 5) is 11.5. The van der Waals surface area contributed by atoms with E-state index in [0.29, 0.717) is 0 Å². The molecule has 0 spiro atoms. The highest BCUT2D eigenvalue weighted by Crippen LogP contribution is 2.22. The van der Waals surface area contributed by atoms with Crippen molar-refractivity contribution < 1.29 is 4.79 Å². The summed E-state index contributed by atoms with van der Waals surface area (Å²) in [7, 11) is 0. The van der Waals surface area contributed by atoms with Gasteiger partial charge in [-0.05, 0) is 30.2 Å². The van der Waals surface area contributed by atoms with Crippen molar-refractivity contribution in [3.8, 4) is 0 Å². The Labute approximate surface area is 83.4 Å². The molecule has 2 aromatic carbocycles. The minimum atomic E-state index is 0.138. The summed E-state index contributed by atoms with van der Waals surface area (Å²) < 4.78 is 0. The number of rotatable bonds is 1. The normalized spacial score (nSPS) is 10.4. The number of benzene rings is 2. The van der Waals surface area contributed by atoms with Crippen LogP contribution < -0.4 is 0 Å². The van der Waals surface area contributed by atoms with Crippen LogP contribution in [0, 0.1) is 6.92 Å². The summed E-state index contributed by atoms with van der Waals surface area (Å²) in [6, 6.07) is 12.0. The molecule has 0 atom stereocenters. The monoisotopic (exact) mass is 184 g/mol. The molecule has 2 rings (SSSR count). The smallest absolute Gasteiger partial charge is 0.160 e. The molecule has 0 saturated heterocycles. The minimum absolute atomic E-state index is 0.138. The van der Waals surface area contributed by atoms with E-state index in [2.05, 4.69) is 6.07 Å². The van der Waals surface area contributed by atoms with Gasteiger partial charge in [0.1, 0.15) is 0 Å². The second-order valence-electron chi connectivity index (χ2n) is 3.53. The highest BCUT2D eigenvalue weighted by atomic mass is 16.1. The Balaban J connectivity index is 2.90. The summed E-state index contributed by atoms with van der Waals surface area (Å²) in [5.41, 5.74) is 1.90. The van der Waals surface area contributed by atoms with Gasteiger partial charge in [0, 0.05) is 5.56 Å². The zero-order valence-corrected chi connectivity index (χ0v) is 8.37. The third kappa shape index (κ3) is 1.31. The van der Waals surface area contributed by atoms with Crippen molar-refractivity contribution in [3.63, 3.8) is 0 Å². The number of hydrogen-bond acceptors (Lipinski definition) is 1. The van der Waals surface area contributed by atoms with Gasteiger partial charge < -0.3 is 0 Å². The Morgan fingerprint density at radius 2 is 1.79 bits per heavy atom. The van der Waals surface area contributed by atoms with E-state index in [1.165, 1.54) is 0 Å². The van der Waals surface area contributed by atoms with E-state index in [9.17, 15) is 4.79 Å². The molecular weight excluding hydrogens is 172 g/mol. The topological polar surface area (TPSA) is 17.1 Å². The number of aryl methyl sites for hydroxylation is 1. The molecule has 2 aromatic rings. The van der Waals surface area contributed by atoms with Gasteiger partial charge in [-0.25, -0.2) is 0 Å². The van der Waals surface area contributed by atoms with Crippen molar-refractivity contribution in [2.75, 3.05) is 0 Å². The first-order valence-corrected chi connectivity index (χ1v) is 4.69. The lowest BCUT2D eigenvalue weighted by molar-refractivity contribution is 0.101. The Kier molecular flexibility index (Phi) is 2.08. The lowest BCUT2D eigenvalue weighted by Gasteiger charge is -2.06. The van der Waals surface area contributed by atoms with Gasteiger partial charge in [0.05, 0.1) is 0 Å². The number of carbonyl (C=O) groups is 1. The molecule has 1 nitrogen and oxygen atoms in total. The van der Waals surface area contributed by atoms with Gasteiger partial charge in [-0.1, -0.05) is 36.4 Å². The average Bonchev–Trinajstić information content (AvgIpc) is 2.17. The van der Waals surface area contributed by atoms with E-state index in [-0.39, 0.29) is 5.78 Å². The van der Waals surface area contributed by atoms with E-state index >= 15 is 0 Å². The Hall–Kier alpha value is -1.63. The van der Waals surface area contributed by atoms with Crippen molar-refractivity contribution in [1.29, 1.82) is 0 Å². The second kappa shape index (κ2) is 3.26. The molecule has 0 aliphatic heterocycles. The van der Waals surface area contributed by atoms with Crippen LogP contribution in [0.2, 0.25) is 0 Å². The third-order valence-electron chi connectivity index (χ3n) is 2.49. The summed E-state index contributed by atoms with van der Waals surface area (Å²) in [6.07, 6.45) is 0. The lowest BCUT2D eigenvalue weighted by atomic mass is 9.97. The molecule has 0 aliphatic rings. The fourth-order valence-electron chi connectivity index (χ4n) is 1.85. The summed E-state index contributed by atoms with van der Waals surface area (Å²) in [5, 5.41) is 2.18. The Bertz CT molecular complexity index is 498. The molecule has 0 unspecified atom stereocenters. The maximum Gasteiger partial charge on any atom is 0.160 e. The molecule has 0 saturated carbocycles. The fourth-order valence-corrected chi connectivity index (χ4v) is 1.85. The average molecular weight is 184 g/mol. The van der Waals surface area contributed by atoms with Crippen LogP contribution >= 0.6 is 0 Å². The van der Waals surface area contributed by atoms with E-state index in [1.54, 1.807) is 6.92 Å². The van der Waals surface area contributed by atoms with Crippen molar-refractivity contribution in [3.05, 3.63) is 47.5 Å². The summed E-state index contributed by atoms with van der Waals surface area (Å²) in [6.45, 7) is 3.60. The molecular formula is C13H12O. The zero-order chi connectivity index (χ0) is 10.1. The first-order chi connectivity index (χ1) is 6.70. The maximum atomic E-state index is 11.5. The first kappa shape index (κ1) is 8.95. The van der Waals surface area contributed by atoms with E-state index in [4.69, 9.17) is 0 Å². The number of ketones is 1. The van der Waals surface area contributed by atoms with Crippen LogP contribution in [0.1, 0.15) is 22.8 Å². The van der Waals surface area contributed by atoms with E-state index in [0.717, 1.165) is 21.9 Å². The molecule has 0 N–H and O–H groups in total. The van der Waals surface area contributed by atoms with Crippen LogP contribution in [-0.4, -0.2) is 5.78 Å². The predicted octanol–water partition coefficient (Wildman–Crippen LogP) is 3.35. The van der Waals surface area contributed by atoms with Crippen molar-refractivity contribution in [2.45, 2.75) is 13.8 Å². The molecule has 0 radical (unpaired) electrons. The third-order valence-corrected chi connectivity index (χ3v) is 2.49. The highest BCUT2D eigenvalue weighted by Gasteiger charge is 2.07. The number of carbonyl (C=O) groups excluding carboxylic acids is 1. The van der Waals surface area contributed by atoms with Gasteiger partial charge in [0.2, 0.25) is 0 Å². The number of Topliss-reactive ketones (excluding diaryl/α,β-unsaturated/α-hetero) is 1. The summed E-state index contributed by atoms with van der Waals surface area (Å²) in [5.74, 6) is 0.138. The Morgan fingerprint density at radius 1 is 1.07 bits per heavy atom. The van der Waals surface area contributed by atoms with Crippen LogP contribution in [0.4, 0.5) is 0 Å². The molecule has 0 fully saturated rings. The van der Waals surface area contributed by atoms with Gasteiger partial charge in [0.25, 0.3) is 0 Å². The predicted molar refractivity (Wildman–Crippen MR) is 58.7 cm³/mol. The van der Waals surface area contributed by atoms with Crippen molar-refractivity contribution >= 4 is 16.6 Å². The molecule has 0 amide bonds. The SMILES string of the molecule is CC(=O)c1c(C)ccc2ccccc12. The molecule has 0 aromatic heterocycles. The highest BCUT2D eigenvalue weighted by molar-refractivity contribution is 6.08. The maximum absolute atomic E-state index is 11.5. The van der Waals surface area contributed by atoms with Crippen molar-refractivity contribution in [2.24, 2.45) is 0 Å².